The Balaban J connectivity index is 2.00. The minimum atomic E-state index is 0.760. The molecule has 0 bridgehead atoms. The Morgan fingerprint density at radius 3 is 2.50 bits per heavy atom. The summed E-state index contributed by atoms with van der Waals surface area (Å²) in [4.78, 5) is 4.23. The summed E-state index contributed by atoms with van der Waals surface area (Å²) in [6.07, 6.45) is 14.9. The van der Waals surface area contributed by atoms with Gasteiger partial charge in [-0.3, -0.25) is 4.99 Å². The van der Waals surface area contributed by atoms with Crippen molar-refractivity contribution in [1.29, 1.82) is 0 Å². The molecule has 1 heterocycles. The van der Waals surface area contributed by atoms with Crippen LogP contribution in [-0.4, -0.2) is 6.21 Å². The van der Waals surface area contributed by atoms with Crippen molar-refractivity contribution in [3.8, 4) is 0 Å². The van der Waals surface area contributed by atoms with Crippen molar-refractivity contribution in [1.82, 2.24) is 0 Å². The molecule has 12 heavy (non-hydrogen) atoms. The van der Waals surface area contributed by atoms with Gasteiger partial charge in [0.05, 0.1) is 0 Å². The van der Waals surface area contributed by atoms with Crippen molar-refractivity contribution in [3.63, 3.8) is 0 Å². The van der Waals surface area contributed by atoms with Crippen LogP contribution in [0.4, 0.5) is 0 Å². The van der Waals surface area contributed by atoms with E-state index in [1.54, 1.807) is 0 Å². The lowest BCUT2D eigenvalue weighted by Crippen LogP contribution is -2.18. The van der Waals surface area contributed by atoms with Gasteiger partial charge in [-0.25, -0.2) is 0 Å². The molecule has 0 spiro atoms. The van der Waals surface area contributed by atoms with Crippen molar-refractivity contribution < 1.29 is 0 Å². The first-order chi connectivity index (χ1) is 5.97. The van der Waals surface area contributed by atoms with Gasteiger partial charge in [0.2, 0.25) is 0 Å². The van der Waals surface area contributed by atoms with Gasteiger partial charge in [-0.05, 0) is 18.8 Å². The van der Waals surface area contributed by atoms with Gasteiger partial charge in [-0.15, -0.1) is 0 Å². The molecule has 0 N–H and O–H groups in total. The molecule has 2 aliphatic rings. The van der Waals surface area contributed by atoms with Crippen molar-refractivity contribution >= 4 is 6.21 Å². The molecular weight excluding hydrogens is 146 g/mol. The molecule has 2 unspecified atom stereocenters. The molecule has 1 fully saturated rings. The lowest BCUT2D eigenvalue weighted by molar-refractivity contribution is 0.380. The maximum Gasteiger partial charge on any atom is 0.0227 e. The summed E-state index contributed by atoms with van der Waals surface area (Å²) < 4.78 is 0. The maximum atomic E-state index is 4.23. The van der Waals surface area contributed by atoms with E-state index in [0.717, 1.165) is 11.8 Å². The minimum absolute atomic E-state index is 0.760. The van der Waals surface area contributed by atoms with E-state index >= 15 is 0 Å². The van der Waals surface area contributed by atoms with Gasteiger partial charge in [0, 0.05) is 18.3 Å². The minimum Gasteiger partial charge on any atom is -0.269 e. The van der Waals surface area contributed by atoms with Gasteiger partial charge >= 0.3 is 0 Å². The van der Waals surface area contributed by atoms with Crippen molar-refractivity contribution in [3.05, 3.63) is 12.3 Å². The molecule has 2 atom stereocenters. The largest absolute Gasteiger partial charge is 0.269 e. The third-order valence-electron chi connectivity index (χ3n) is 3.07. The SMILES string of the molecule is C1=CC2CCCCCCC2C=N1. The van der Waals surface area contributed by atoms with E-state index in [9.17, 15) is 0 Å². The Hall–Kier alpha value is -0.590. The monoisotopic (exact) mass is 163 g/mol. The third-order valence-corrected chi connectivity index (χ3v) is 3.07. The number of hydrogen-bond donors (Lipinski definition) is 0. The van der Waals surface area contributed by atoms with E-state index in [4.69, 9.17) is 0 Å². The molecule has 0 aromatic carbocycles. The van der Waals surface area contributed by atoms with Gasteiger partial charge in [-0.1, -0.05) is 31.8 Å². The van der Waals surface area contributed by atoms with Crippen LogP contribution in [0.15, 0.2) is 17.3 Å². The summed E-state index contributed by atoms with van der Waals surface area (Å²) in [5.41, 5.74) is 0. The number of rotatable bonds is 0. The van der Waals surface area contributed by atoms with Crippen LogP contribution in [-0.2, 0) is 0 Å². The van der Waals surface area contributed by atoms with E-state index < -0.39 is 0 Å². The number of hydrogen-bond acceptors (Lipinski definition) is 1. The van der Waals surface area contributed by atoms with Crippen LogP contribution in [0.3, 0.4) is 0 Å². The summed E-state index contributed by atoms with van der Waals surface area (Å²) in [5.74, 6) is 1.57. The predicted molar refractivity (Wildman–Crippen MR) is 52.3 cm³/mol. The van der Waals surface area contributed by atoms with Crippen molar-refractivity contribution in [2.75, 3.05) is 0 Å². The fourth-order valence-electron chi connectivity index (χ4n) is 2.29. The second-order valence-electron chi connectivity index (χ2n) is 3.96. The van der Waals surface area contributed by atoms with Crippen LogP contribution in [0, 0.1) is 11.8 Å². The highest BCUT2D eigenvalue weighted by Crippen LogP contribution is 2.29. The standard InChI is InChI=1S/C11H17N/c1-2-4-6-11-9-12-8-7-10(11)5-3-1/h7-11H,1-6H2. The van der Waals surface area contributed by atoms with Gasteiger partial charge in [0.1, 0.15) is 0 Å². The highest BCUT2D eigenvalue weighted by atomic mass is 14.7. The average molecular weight is 163 g/mol. The Bertz CT molecular complexity index is 171. The zero-order chi connectivity index (χ0) is 8.23. The Labute approximate surface area is 74.6 Å². The molecule has 1 aliphatic heterocycles. The normalized spacial score (nSPS) is 35.3. The smallest absolute Gasteiger partial charge is 0.0227 e. The third kappa shape index (κ3) is 1.77. The summed E-state index contributed by atoms with van der Waals surface area (Å²) in [7, 11) is 0. The molecule has 1 aliphatic carbocycles. The number of allylic oxidation sites excluding steroid dienone is 1. The van der Waals surface area contributed by atoms with Crippen LogP contribution < -0.4 is 0 Å². The second-order valence-corrected chi connectivity index (χ2v) is 3.96. The lowest BCUT2D eigenvalue weighted by Gasteiger charge is -2.25. The zero-order valence-corrected chi connectivity index (χ0v) is 7.58. The quantitative estimate of drug-likeness (QED) is 0.520. The van der Waals surface area contributed by atoms with E-state index in [-0.39, 0.29) is 0 Å². The van der Waals surface area contributed by atoms with Crippen LogP contribution in [0.1, 0.15) is 38.5 Å². The molecule has 1 heteroatoms. The molecule has 0 radical (unpaired) electrons. The van der Waals surface area contributed by atoms with Crippen molar-refractivity contribution in [2.24, 2.45) is 16.8 Å². The van der Waals surface area contributed by atoms with E-state index in [1.807, 2.05) is 6.20 Å². The first-order valence-corrected chi connectivity index (χ1v) is 5.17. The van der Waals surface area contributed by atoms with Gasteiger partial charge in [0.15, 0.2) is 0 Å². The average Bonchev–Trinajstić information content (AvgIpc) is 2.06. The van der Waals surface area contributed by atoms with Crippen LogP contribution in [0.2, 0.25) is 0 Å². The molecule has 0 amide bonds. The molecule has 66 valence electrons. The molecule has 0 saturated heterocycles. The fraction of sp³-hybridized carbons (Fsp3) is 0.727. The zero-order valence-electron chi connectivity index (χ0n) is 7.58. The Morgan fingerprint density at radius 1 is 0.917 bits per heavy atom. The fourth-order valence-corrected chi connectivity index (χ4v) is 2.29. The summed E-state index contributed by atoms with van der Waals surface area (Å²) >= 11 is 0. The first-order valence-electron chi connectivity index (χ1n) is 5.17. The first kappa shape index (κ1) is 8.03. The molecule has 0 aromatic rings. The summed E-state index contributed by atoms with van der Waals surface area (Å²) in [5, 5.41) is 0. The van der Waals surface area contributed by atoms with Gasteiger partial charge in [-0.2, -0.15) is 0 Å². The van der Waals surface area contributed by atoms with E-state index in [0.29, 0.717) is 0 Å². The second kappa shape index (κ2) is 3.88. The highest BCUT2D eigenvalue weighted by molar-refractivity contribution is 5.63. The Morgan fingerprint density at radius 2 is 1.67 bits per heavy atom. The van der Waals surface area contributed by atoms with Gasteiger partial charge < -0.3 is 0 Å². The lowest BCUT2D eigenvalue weighted by atomic mass is 9.81. The predicted octanol–water partition coefficient (Wildman–Crippen LogP) is 3.17. The Kier molecular flexibility index (Phi) is 2.60. The molecule has 2 rings (SSSR count). The van der Waals surface area contributed by atoms with Crippen LogP contribution >= 0.6 is 0 Å². The number of fused-ring (bicyclic) bond motifs is 1. The van der Waals surface area contributed by atoms with E-state index in [1.165, 1.54) is 38.5 Å². The number of aliphatic imine (C=N–C) groups is 1. The summed E-state index contributed by atoms with van der Waals surface area (Å²) in [6.45, 7) is 0. The summed E-state index contributed by atoms with van der Waals surface area (Å²) in [6, 6.07) is 0. The van der Waals surface area contributed by atoms with Crippen LogP contribution in [0.25, 0.3) is 0 Å². The maximum absolute atomic E-state index is 4.23. The van der Waals surface area contributed by atoms with Gasteiger partial charge in [0.25, 0.3) is 0 Å². The number of nitrogens with zero attached hydrogens (tertiary/aromatic N) is 1. The molecule has 1 saturated carbocycles. The molecule has 0 aromatic heterocycles. The van der Waals surface area contributed by atoms with Crippen LogP contribution in [0.5, 0.6) is 0 Å². The highest BCUT2D eigenvalue weighted by Gasteiger charge is 2.20. The van der Waals surface area contributed by atoms with Crippen molar-refractivity contribution in [2.45, 2.75) is 38.5 Å². The molecule has 1 nitrogen and oxygen atoms in total. The molecular formula is C11H17N. The topological polar surface area (TPSA) is 12.4 Å². The van der Waals surface area contributed by atoms with E-state index in [2.05, 4.69) is 17.3 Å².